The zero-order chi connectivity index (χ0) is 13.4. The highest BCUT2D eigenvalue weighted by Gasteiger charge is 2.34. The van der Waals surface area contributed by atoms with Gasteiger partial charge in [0.2, 0.25) is 0 Å². The lowest BCUT2D eigenvalue weighted by Crippen LogP contribution is -2.38. The van der Waals surface area contributed by atoms with Gasteiger partial charge in [0.15, 0.2) is 5.82 Å². The van der Waals surface area contributed by atoms with E-state index in [1.54, 1.807) is 0 Å². The highest BCUT2D eigenvalue weighted by molar-refractivity contribution is 5.81. The fourth-order valence-electron chi connectivity index (χ4n) is 2.89. The molecular formula is C16H19N3. The van der Waals surface area contributed by atoms with Crippen LogP contribution in [-0.2, 0) is 0 Å². The molecule has 19 heavy (non-hydrogen) atoms. The highest BCUT2D eigenvalue weighted by atomic mass is 15.4. The number of anilines is 3. The van der Waals surface area contributed by atoms with Crippen LogP contribution in [-0.4, -0.2) is 17.7 Å². The quantitative estimate of drug-likeness (QED) is 0.813. The van der Waals surface area contributed by atoms with Crippen LogP contribution in [0.1, 0.15) is 19.4 Å². The number of hydrogen-bond acceptors (Lipinski definition) is 3. The van der Waals surface area contributed by atoms with Crippen molar-refractivity contribution in [3.05, 3.63) is 48.2 Å². The molecule has 2 aromatic rings. The normalized spacial score (nSPS) is 17.7. The number of fused-ring (bicyclic) bond motifs is 1. The summed E-state index contributed by atoms with van der Waals surface area (Å²) in [5.41, 5.74) is 3.76. The summed E-state index contributed by atoms with van der Waals surface area (Å²) in [7, 11) is 0. The Hall–Kier alpha value is -2.03. The van der Waals surface area contributed by atoms with Crippen molar-refractivity contribution in [2.45, 2.75) is 26.9 Å². The summed E-state index contributed by atoms with van der Waals surface area (Å²) in [6.45, 7) is 7.54. The van der Waals surface area contributed by atoms with Gasteiger partial charge in [0.05, 0.1) is 5.69 Å². The van der Waals surface area contributed by atoms with E-state index in [2.05, 4.69) is 65.9 Å². The Morgan fingerprint density at radius 2 is 1.84 bits per heavy atom. The molecule has 0 radical (unpaired) electrons. The molecular weight excluding hydrogens is 234 g/mol. The lowest BCUT2D eigenvalue weighted by Gasteiger charge is -2.29. The van der Waals surface area contributed by atoms with Crippen LogP contribution in [0.4, 0.5) is 17.2 Å². The number of hydrogen-bond donors (Lipinski definition) is 0. The Bertz CT molecular complexity index is 594. The van der Waals surface area contributed by atoms with Crippen LogP contribution in [0, 0.1) is 6.92 Å². The van der Waals surface area contributed by atoms with E-state index < -0.39 is 0 Å². The van der Waals surface area contributed by atoms with Gasteiger partial charge < -0.3 is 9.80 Å². The van der Waals surface area contributed by atoms with Crippen LogP contribution in [0.25, 0.3) is 0 Å². The molecule has 0 spiro atoms. The standard InChI is InChI=1S/C16H19N3/c1-4-18-13(3)19(14-9-6-5-8-12(14)2)15-10-7-11-17-16(15)18/h5-11,13H,4H2,1-3H3/t13-/m1/s1. The van der Waals surface area contributed by atoms with E-state index in [4.69, 9.17) is 0 Å². The minimum Gasteiger partial charge on any atom is -0.335 e. The molecule has 1 aromatic heterocycles. The van der Waals surface area contributed by atoms with E-state index in [-0.39, 0.29) is 0 Å². The zero-order valence-electron chi connectivity index (χ0n) is 11.7. The van der Waals surface area contributed by atoms with Gasteiger partial charge in [-0.05, 0) is 44.5 Å². The first kappa shape index (κ1) is 12.0. The van der Waals surface area contributed by atoms with Crippen LogP contribution in [0.5, 0.6) is 0 Å². The fraction of sp³-hybridized carbons (Fsp3) is 0.312. The van der Waals surface area contributed by atoms with Gasteiger partial charge in [-0.2, -0.15) is 0 Å². The topological polar surface area (TPSA) is 19.4 Å². The highest BCUT2D eigenvalue weighted by Crippen LogP contribution is 2.42. The minimum atomic E-state index is 0.302. The second kappa shape index (κ2) is 4.57. The van der Waals surface area contributed by atoms with E-state index in [0.717, 1.165) is 12.4 Å². The zero-order valence-corrected chi connectivity index (χ0v) is 11.7. The fourth-order valence-corrected chi connectivity index (χ4v) is 2.89. The summed E-state index contributed by atoms with van der Waals surface area (Å²) < 4.78 is 0. The Morgan fingerprint density at radius 3 is 2.58 bits per heavy atom. The minimum absolute atomic E-state index is 0.302. The molecule has 0 amide bonds. The molecule has 0 aliphatic carbocycles. The number of aromatic nitrogens is 1. The van der Waals surface area contributed by atoms with E-state index in [9.17, 15) is 0 Å². The summed E-state index contributed by atoms with van der Waals surface area (Å²) >= 11 is 0. The lowest BCUT2D eigenvalue weighted by atomic mass is 10.1. The first-order valence-electron chi connectivity index (χ1n) is 6.80. The average Bonchev–Trinajstić information content (AvgIpc) is 2.71. The third-order valence-corrected chi connectivity index (χ3v) is 3.84. The van der Waals surface area contributed by atoms with Crippen molar-refractivity contribution in [2.75, 3.05) is 16.3 Å². The summed E-state index contributed by atoms with van der Waals surface area (Å²) in [6, 6.07) is 12.7. The van der Waals surface area contributed by atoms with Gasteiger partial charge in [0.25, 0.3) is 0 Å². The Morgan fingerprint density at radius 1 is 1.11 bits per heavy atom. The molecule has 0 N–H and O–H groups in total. The van der Waals surface area contributed by atoms with Crippen molar-refractivity contribution in [1.82, 2.24) is 4.98 Å². The molecule has 0 saturated heterocycles. The molecule has 3 rings (SSSR count). The smallest absolute Gasteiger partial charge is 0.154 e. The Balaban J connectivity index is 2.15. The van der Waals surface area contributed by atoms with E-state index in [1.807, 2.05) is 12.3 Å². The predicted molar refractivity (Wildman–Crippen MR) is 80.0 cm³/mol. The molecule has 0 bridgehead atoms. The van der Waals surface area contributed by atoms with Crippen molar-refractivity contribution in [3.63, 3.8) is 0 Å². The largest absolute Gasteiger partial charge is 0.335 e. The summed E-state index contributed by atoms with van der Waals surface area (Å²) in [4.78, 5) is 9.26. The molecule has 1 aliphatic heterocycles. The van der Waals surface area contributed by atoms with Crippen molar-refractivity contribution in [2.24, 2.45) is 0 Å². The van der Waals surface area contributed by atoms with Gasteiger partial charge in [-0.1, -0.05) is 18.2 Å². The van der Waals surface area contributed by atoms with E-state index in [0.29, 0.717) is 6.17 Å². The molecule has 0 saturated carbocycles. The average molecular weight is 253 g/mol. The van der Waals surface area contributed by atoms with Crippen LogP contribution in [0.15, 0.2) is 42.6 Å². The second-order valence-electron chi connectivity index (χ2n) is 4.92. The van der Waals surface area contributed by atoms with E-state index >= 15 is 0 Å². The number of para-hydroxylation sites is 1. The van der Waals surface area contributed by atoms with Crippen molar-refractivity contribution in [1.29, 1.82) is 0 Å². The van der Waals surface area contributed by atoms with Gasteiger partial charge in [0.1, 0.15) is 6.17 Å². The number of pyridine rings is 1. The summed E-state index contributed by atoms with van der Waals surface area (Å²) in [5.74, 6) is 1.08. The van der Waals surface area contributed by atoms with Crippen molar-refractivity contribution in [3.8, 4) is 0 Å². The van der Waals surface area contributed by atoms with Gasteiger partial charge in [-0.15, -0.1) is 0 Å². The molecule has 98 valence electrons. The SMILES string of the molecule is CCN1c2ncccc2N(c2ccccc2C)[C@@H]1C. The van der Waals surface area contributed by atoms with Crippen LogP contribution in [0.2, 0.25) is 0 Å². The third-order valence-electron chi connectivity index (χ3n) is 3.84. The molecule has 0 fully saturated rings. The molecule has 1 atom stereocenters. The molecule has 3 heteroatoms. The first-order valence-corrected chi connectivity index (χ1v) is 6.80. The number of nitrogens with zero attached hydrogens (tertiary/aromatic N) is 3. The first-order chi connectivity index (χ1) is 9.24. The van der Waals surface area contributed by atoms with Gasteiger partial charge in [0, 0.05) is 18.4 Å². The third kappa shape index (κ3) is 1.77. The maximum Gasteiger partial charge on any atom is 0.154 e. The number of aryl methyl sites for hydroxylation is 1. The Kier molecular flexibility index (Phi) is 2.90. The van der Waals surface area contributed by atoms with Gasteiger partial charge in [-0.25, -0.2) is 4.98 Å². The van der Waals surface area contributed by atoms with Crippen molar-refractivity contribution >= 4 is 17.2 Å². The van der Waals surface area contributed by atoms with Gasteiger partial charge in [-0.3, -0.25) is 0 Å². The summed E-state index contributed by atoms with van der Waals surface area (Å²) in [5, 5.41) is 0. The Labute approximate surface area is 114 Å². The van der Waals surface area contributed by atoms with Crippen LogP contribution in [0.3, 0.4) is 0 Å². The van der Waals surface area contributed by atoms with Crippen molar-refractivity contribution < 1.29 is 0 Å². The van der Waals surface area contributed by atoms with E-state index in [1.165, 1.54) is 16.9 Å². The molecule has 3 nitrogen and oxygen atoms in total. The molecule has 1 aromatic carbocycles. The second-order valence-corrected chi connectivity index (χ2v) is 4.92. The summed E-state index contributed by atoms with van der Waals surface area (Å²) in [6.07, 6.45) is 2.17. The van der Waals surface area contributed by atoms with Crippen LogP contribution >= 0.6 is 0 Å². The number of benzene rings is 1. The molecule has 2 heterocycles. The number of rotatable bonds is 2. The monoisotopic (exact) mass is 253 g/mol. The molecule has 1 aliphatic rings. The predicted octanol–water partition coefficient (Wildman–Crippen LogP) is 3.71. The molecule has 0 unspecified atom stereocenters. The maximum atomic E-state index is 4.55. The lowest BCUT2D eigenvalue weighted by molar-refractivity contribution is 0.686. The van der Waals surface area contributed by atoms with Gasteiger partial charge >= 0.3 is 0 Å². The van der Waals surface area contributed by atoms with Crippen LogP contribution < -0.4 is 9.80 Å². The maximum absolute atomic E-state index is 4.55.